The summed E-state index contributed by atoms with van der Waals surface area (Å²) in [4.78, 5) is 23.2. The number of phenols is 1. The number of esters is 1. The zero-order valence-corrected chi connectivity index (χ0v) is 10.3. The van der Waals surface area contributed by atoms with E-state index in [-0.39, 0.29) is 29.8 Å². The molecule has 1 N–H and O–H groups in total. The Morgan fingerprint density at radius 1 is 1.39 bits per heavy atom. The van der Waals surface area contributed by atoms with Gasteiger partial charge in [-0.15, -0.1) is 0 Å². The lowest BCUT2D eigenvalue weighted by Gasteiger charge is -2.12. The number of hydrogen-bond donors (Lipinski definition) is 1. The Morgan fingerprint density at radius 2 is 2.17 bits per heavy atom. The molecule has 4 nitrogen and oxygen atoms in total. The minimum absolute atomic E-state index is 0.0936. The van der Waals surface area contributed by atoms with E-state index >= 15 is 0 Å². The number of aryl methyl sites for hydroxylation is 1. The maximum absolute atomic E-state index is 11.9. The number of carbonyl (C=O) groups is 2. The first-order valence-electron chi connectivity index (χ1n) is 6.00. The predicted molar refractivity (Wildman–Crippen MR) is 65.3 cm³/mol. The molecule has 1 aromatic carbocycles. The summed E-state index contributed by atoms with van der Waals surface area (Å²) in [5, 5.41) is 9.44. The fourth-order valence-electron chi connectivity index (χ4n) is 2.36. The number of rotatable bonds is 2. The lowest BCUT2D eigenvalue weighted by atomic mass is 9.93. The number of ether oxygens (including phenoxy) is 1. The number of ketones is 1. The number of methoxy groups -OCH3 is 1. The van der Waals surface area contributed by atoms with Crippen molar-refractivity contribution >= 4 is 11.8 Å². The molecular weight excluding hydrogens is 232 g/mol. The Kier molecular flexibility index (Phi) is 3.65. The molecule has 18 heavy (non-hydrogen) atoms. The van der Waals surface area contributed by atoms with Gasteiger partial charge in [0.15, 0.2) is 0 Å². The highest BCUT2D eigenvalue weighted by molar-refractivity contribution is 5.86. The highest BCUT2D eigenvalue weighted by Crippen LogP contribution is 2.27. The van der Waals surface area contributed by atoms with E-state index < -0.39 is 0 Å². The lowest BCUT2D eigenvalue weighted by molar-refractivity contribution is -0.143. The third kappa shape index (κ3) is 2.70. The van der Waals surface area contributed by atoms with Crippen LogP contribution in [0.2, 0.25) is 0 Å². The second-order valence-corrected chi connectivity index (χ2v) is 4.60. The first kappa shape index (κ1) is 12.6. The fourth-order valence-corrected chi connectivity index (χ4v) is 2.36. The molecule has 0 saturated heterocycles. The summed E-state index contributed by atoms with van der Waals surface area (Å²) in [5.74, 6) is -0.345. The van der Waals surface area contributed by atoms with Crippen molar-refractivity contribution in [2.24, 2.45) is 5.92 Å². The number of carbonyl (C=O) groups excluding carboxylic acids is 2. The molecule has 0 aliphatic heterocycles. The second-order valence-electron chi connectivity index (χ2n) is 4.60. The third-order valence-corrected chi connectivity index (χ3v) is 3.39. The topological polar surface area (TPSA) is 63.6 Å². The van der Waals surface area contributed by atoms with Gasteiger partial charge in [-0.25, -0.2) is 0 Å². The molecule has 0 bridgehead atoms. The highest BCUT2D eigenvalue weighted by atomic mass is 16.5. The maximum Gasteiger partial charge on any atom is 0.306 e. The number of fused-ring (bicyclic) bond motifs is 1. The normalized spacial score (nSPS) is 18.9. The average Bonchev–Trinajstić information content (AvgIpc) is 2.50. The summed E-state index contributed by atoms with van der Waals surface area (Å²) >= 11 is 0. The van der Waals surface area contributed by atoms with Gasteiger partial charge in [-0.3, -0.25) is 9.59 Å². The third-order valence-electron chi connectivity index (χ3n) is 3.39. The molecule has 2 rings (SSSR count). The van der Waals surface area contributed by atoms with Gasteiger partial charge in [-0.05, 0) is 36.1 Å². The Labute approximate surface area is 106 Å². The maximum atomic E-state index is 11.9. The number of benzene rings is 1. The quantitative estimate of drug-likeness (QED) is 0.638. The van der Waals surface area contributed by atoms with Crippen LogP contribution < -0.4 is 0 Å². The van der Waals surface area contributed by atoms with Crippen LogP contribution in [0.1, 0.15) is 24.0 Å². The molecule has 0 heterocycles. The van der Waals surface area contributed by atoms with Crippen LogP contribution in [0, 0.1) is 5.92 Å². The molecule has 0 saturated carbocycles. The zero-order valence-electron chi connectivity index (χ0n) is 10.3. The van der Waals surface area contributed by atoms with Crippen molar-refractivity contribution < 1.29 is 19.4 Å². The number of Topliss-reactive ketones (excluding diaryl/α,β-unsaturated/α-hetero) is 1. The molecule has 0 spiro atoms. The molecule has 0 radical (unpaired) electrons. The summed E-state index contributed by atoms with van der Waals surface area (Å²) in [7, 11) is 1.33. The van der Waals surface area contributed by atoms with Crippen molar-refractivity contribution in [2.45, 2.75) is 25.7 Å². The summed E-state index contributed by atoms with van der Waals surface area (Å²) in [6.07, 6.45) is 1.72. The Bertz CT molecular complexity index is 479. The molecule has 1 aromatic rings. The van der Waals surface area contributed by atoms with Crippen LogP contribution in [0.5, 0.6) is 5.75 Å². The standard InChI is InChI=1S/C14H16O4/c1-18-14(17)8-11-6-9-2-4-12(15)7-10(9)3-5-13(11)16/h2,4,7,11,15H,3,5-6,8H2,1H3. The molecule has 1 atom stereocenters. The summed E-state index contributed by atoms with van der Waals surface area (Å²) < 4.78 is 4.62. The van der Waals surface area contributed by atoms with Crippen molar-refractivity contribution in [3.63, 3.8) is 0 Å². The fraction of sp³-hybridized carbons (Fsp3) is 0.429. The van der Waals surface area contributed by atoms with Crippen LogP contribution in [0.4, 0.5) is 0 Å². The molecule has 1 unspecified atom stereocenters. The van der Waals surface area contributed by atoms with Gasteiger partial charge >= 0.3 is 5.97 Å². The van der Waals surface area contributed by atoms with E-state index in [0.717, 1.165) is 11.1 Å². The van der Waals surface area contributed by atoms with E-state index in [9.17, 15) is 14.7 Å². The number of aromatic hydroxyl groups is 1. The zero-order chi connectivity index (χ0) is 13.1. The molecule has 4 heteroatoms. The van der Waals surface area contributed by atoms with Crippen molar-refractivity contribution in [3.8, 4) is 5.75 Å². The Morgan fingerprint density at radius 3 is 2.89 bits per heavy atom. The van der Waals surface area contributed by atoms with E-state index in [1.807, 2.05) is 6.07 Å². The molecule has 0 fully saturated rings. The smallest absolute Gasteiger partial charge is 0.306 e. The van der Waals surface area contributed by atoms with Gasteiger partial charge in [0, 0.05) is 12.3 Å². The predicted octanol–water partition coefficient (Wildman–Crippen LogP) is 1.63. The van der Waals surface area contributed by atoms with E-state index in [1.54, 1.807) is 12.1 Å². The van der Waals surface area contributed by atoms with E-state index in [4.69, 9.17) is 0 Å². The van der Waals surface area contributed by atoms with Crippen LogP contribution in [0.25, 0.3) is 0 Å². The van der Waals surface area contributed by atoms with Crippen LogP contribution in [0.3, 0.4) is 0 Å². The molecule has 0 amide bonds. The highest BCUT2D eigenvalue weighted by Gasteiger charge is 2.26. The van der Waals surface area contributed by atoms with Gasteiger partial charge in [0.2, 0.25) is 0 Å². The van der Waals surface area contributed by atoms with E-state index in [0.29, 0.717) is 19.3 Å². The van der Waals surface area contributed by atoms with Crippen LogP contribution in [-0.2, 0) is 27.2 Å². The van der Waals surface area contributed by atoms with Crippen LogP contribution in [0.15, 0.2) is 18.2 Å². The molecule has 96 valence electrons. The Hall–Kier alpha value is -1.84. The van der Waals surface area contributed by atoms with Crippen molar-refractivity contribution in [1.29, 1.82) is 0 Å². The second kappa shape index (κ2) is 5.21. The summed E-state index contributed by atoms with van der Waals surface area (Å²) in [6, 6.07) is 5.14. The van der Waals surface area contributed by atoms with Gasteiger partial charge in [0.1, 0.15) is 11.5 Å². The van der Waals surface area contributed by atoms with Gasteiger partial charge in [-0.2, -0.15) is 0 Å². The van der Waals surface area contributed by atoms with Crippen LogP contribution >= 0.6 is 0 Å². The molecule has 1 aliphatic carbocycles. The van der Waals surface area contributed by atoms with E-state index in [2.05, 4.69) is 4.74 Å². The van der Waals surface area contributed by atoms with Gasteiger partial charge < -0.3 is 9.84 Å². The van der Waals surface area contributed by atoms with E-state index in [1.165, 1.54) is 7.11 Å². The largest absolute Gasteiger partial charge is 0.508 e. The van der Waals surface area contributed by atoms with Gasteiger partial charge in [0.25, 0.3) is 0 Å². The molecule has 1 aliphatic rings. The summed E-state index contributed by atoms with van der Waals surface area (Å²) in [5.41, 5.74) is 2.03. The molecule has 0 aromatic heterocycles. The first-order chi connectivity index (χ1) is 8.60. The SMILES string of the molecule is COC(=O)CC1Cc2ccc(O)cc2CCC1=O. The number of hydrogen-bond acceptors (Lipinski definition) is 4. The van der Waals surface area contributed by atoms with Crippen molar-refractivity contribution in [3.05, 3.63) is 29.3 Å². The van der Waals surface area contributed by atoms with Crippen LogP contribution in [-0.4, -0.2) is 24.0 Å². The average molecular weight is 248 g/mol. The monoisotopic (exact) mass is 248 g/mol. The Balaban J connectivity index is 2.21. The number of phenolic OH excluding ortho intramolecular Hbond substituents is 1. The molecular formula is C14H16O4. The first-order valence-corrected chi connectivity index (χ1v) is 6.00. The summed E-state index contributed by atoms with van der Waals surface area (Å²) in [6.45, 7) is 0. The van der Waals surface area contributed by atoms with Gasteiger partial charge in [0.05, 0.1) is 13.5 Å². The lowest BCUT2D eigenvalue weighted by Crippen LogP contribution is -2.20. The minimum Gasteiger partial charge on any atom is -0.508 e. The van der Waals surface area contributed by atoms with Gasteiger partial charge in [-0.1, -0.05) is 6.07 Å². The van der Waals surface area contributed by atoms with Crippen molar-refractivity contribution in [1.82, 2.24) is 0 Å². The van der Waals surface area contributed by atoms with Crippen molar-refractivity contribution in [2.75, 3.05) is 7.11 Å². The minimum atomic E-state index is -0.351.